The number of hydrogen-bond acceptors (Lipinski definition) is 2. The third-order valence-electron chi connectivity index (χ3n) is 2.57. The lowest BCUT2D eigenvalue weighted by molar-refractivity contribution is 0.575. The van der Waals surface area contributed by atoms with Gasteiger partial charge in [0.2, 0.25) is 10.0 Å². The lowest BCUT2D eigenvalue weighted by Gasteiger charge is -2.05. The number of benzene rings is 1. The van der Waals surface area contributed by atoms with Gasteiger partial charge in [-0.25, -0.2) is 13.1 Å². The van der Waals surface area contributed by atoms with Gasteiger partial charge in [0.1, 0.15) is 0 Å². The highest BCUT2D eigenvalue weighted by atomic mass is 32.2. The van der Waals surface area contributed by atoms with E-state index in [4.69, 9.17) is 0 Å². The van der Waals surface area contributed by atoms with Gasteiger partial charge in [0.05, 0.1) is 5.75 Å². The van der Waals surface area contributed by atoms with Crippen LogP contribution in [0, 0.1) is 0 Å². The average molecular weight is 255 g/mol. The Bertz CT molecular complexity index is 401. The van der Waals surface area contributed by atoms with Gasteiger partial charge < -0.3 is 0 Å². The standard InChI is InChI=1S/C13H21NO2S/c1-2-3-11-14-17(15,16)12-7-10-13-8-5-4-6-9-13/h4-6,8-9,14H,2-3,7,10-12H2,1H3. The van der Waals surface area contributed by atoms with E-state index in [0.29, 0.717) is 13.0 Å². The van der Waals surface area contributed by atoms with Crippen LogP contribution in [0.1, 0.15) is 31.7 Å². The summed E-state index contributed by atoms with van der Waals surface area (Å²) >= 11 is 0. The molecule has 0 radical (unpaired) electrons. The Labute approximate surface area is 104 Å². The Kier molecular flexibility index (Phi) is 6.22. The topological polar surface area (TPSA) is 46.2 Å². The first kappa shape index (κ1) is 14.2. The van der Waals surface area contributed by atoms with Gasteiger partial charge in [-0.3, -0.25) is 0 Å². The summed E-state index contributed by atoms with van der Waals surface area (Å²) in [6, 6.07) is 9.97. The van der Waals surface area contributed by atoms with Crippen molar-refractivity contribution in [3.05, 3.63) is 35.9 Å². The summed E-state index contributed by atoms with van der Waals surface area (Å²) in [7, 11) is -3.07. The predicted octanol–water partition coefficient (Wildman–Crippen LogP) is 2.34. The maximum absolute atomic E-state index is 11.6. The highest BCUT2D eigenvalue weighted by molar-refractivity contribution is 7.89. The van der Waals surface area contributed by atoms with Crippen LogP contribution in [-0.4, -0.2) is 20.7 Å². The molecule has 0 amide bonds. The summed E-state index contributed by atoms with van der Waals surface area (Å²) in [6.07, 6.45) is 3.39. The minimum Gasteiger partial charge on any atom is -0.215 e. The highest BCUT2D eigenvalue weighted by Gasteiger charge is 2.08. The lowest BCUT2D eigenvalue weighted by Crippen LogP contribution is -2.27. The zero-order chi connectivity index (χ0) is 12.6. The molecule has 0 saturated heterocycles. The monoisotopic (exact) mass is 255 g/mol. The number of hydrogen-bond donors (Lipinski definition) is 1. The molecule has 0 atom stereocenters. The van der Waals surface area contributed by atoms with Gasteiger partial charge in [0, 0.05) is 6.54 Å². The molecule has 17 heavy (non-hydrogen) atoms. The molecule has 4 heteroatoms. The van der Waals surface area contributed by atoms with Crippen LogP contribution in [0.5, 0.6) is 0 Å². The van der Waals surface area contributed by atoms with Crippen molar-refractivity contribution < 1.29 is 8.42 Å². The van der Waals surface area contributed by atoms with Crippen LogP contribution in [0.4, 0.5) is 0 Å². The number of aryl methyl sites for hydroxylation is 1. The van der Waals surface area contributed by atoms with Crippen molar-refractivity contribution in [1.82, 2.24) is 4.72 Å². The third-order valence-corrected chi connectivity index (χ3v) is 4.04. The van der Waals surface area contributed by atoms with Crippen LogP contribution in [-0.2, 0) is 16.4 Å². The Morgan fingerprint density at radius 3 is 2.47 bits per heavy atom. The fraction of sp³-hybridized carbons (Fsp3) is 0.538. The maximum atomic E-state index is 11.6. The molecule has 1 N–H and O–H groups in total. The van der Waals surface area contributed by atoms with Crippen molar-refractivity contribution in [2.24, 2.45) is 0 Å². The summed E-state index contributed by atoms with van der Waals surface area (Å²) < 4.78 is 25.8. The minimum absolute atomic E-state index is 0.214. The number of unbranched alkanes of at least 4 members (excludes halogenated alkanes) is 1. The first-order valence-electron chi connectivity index (χ1n) is 6.15. The van der Waals surface area contributed by atoms with Gasteiger partial charge >= 0.3 is 0 Å². The molecule has 0 saturated carbocycles. The van der Waals surface area contributed by atoms with E-state index in [0.717, 1.165) is 19.3 Å². The van der Waals surface area contributed by atoms with Crippen molar-refractivity contribution in [2.45, 2.75) is 32.6 Å². The predicted molar refractivity (Wildman–Crippen MR) is 71.5 cm³/mol. The Hall–Kier alpha value is -0.870. The zero-order valence-electron chi connectivity index (χ0n) is 10.4. The van der Waals surface area contributed by atoms with Crippen LogP contribution >= 0.6 is 0 Å². The molecular formula is C13H21NO2S. The van der Waals surface area contributed by atoms with Crippen LogP contribution in [0.25, 0.3) is 0 Å². The van der Waals surface area contributed by atoms with E-state index in [9.17, 15) is 8.42 Å². The zero-order valence-corrected chi connectivity index (χ0v) is 11.2. The van der Waals surface area contributed by atoms with Gasteiger partial charge in [0.25, 0.3) is 0 Å². The summed E-state index contributed by atoms with van der Waals surface area (Å²) in [5.41, 5.74) is 1.19. The van der Waals surface area contributed by atoms with Gasteiger partial charge in [-0.15, -0.1) is 0 Å². The smallest absolute Gasteiger partial charge is 0.211 e. The third kappa shape index (κ3) is 6.44. The van der Waals surface area contributed by atoms with E-state index in [1.807, 2.05) is 37.3 Å². The molecule has 0 bridgehead atoms. The molecule has 0 unspecified atom stereocenters. The van der Waals surface area contributed by atoms with E-state index in [1.165, 1.54) is 5.56 Å². The van der Waals surface area contributed by atoms with Crippen LogP contribution in [0.2, 0.25) is 0 Å². The van der Waals surface area contributed by atoms with E-state index in [-0.39, 0.29) is 5.75 Å². The Balaban J connectivity index is 2.26. The number of nitrogens with one attached hydrogen (secondary N) is 1. The van der Waals surface area contributed by atoms with Crippen LogP contribution < -0.4 is 4.72 Å². The molecule has 0 heterocycles. The molecule has 0 aromatic heterocycles. The average Bonchev–Trinajstić information content (AvgIpc) is 2.30. The molecular weight excluding hydrogens is 234 g/mol. The fourth-order valence-electron chi connectivity index (χ4n) is 1.59. The molecule has 1 aromatic rings. The summed E-state index contributed by atoms with van der Waals surface area (Å²) in [4.78, 5) is 0. The van der Waals surface area contributed by atoms with Gasteiger partial charge in [-0.05, 0) is 24.8 Å². The first-order valence-corrected chi connectivity index (χ1v) is 7.80. The van der Waals surface area contributed by atoms with Gasteiger partial charge in [0.15, 0.2) is 0 Å². The second-order valence-corrected chi connectivity index (χ2v) is 6.08. The quantitative estimate of drug-likeness (QED) is 0.725. The molecule has 0 aliphatic rings. The van der Waals surface area contributed by atoms with E-state index >= 15 is 0 Å². The van der Waals surface area contributed by atoms with Crippen LogP contribution in [0.3, 0.4) is 0 Å². The SMILES string of the molecule is CCCCNS(=O)(=O)CCCc1ccccc1. The van der Waals surface area contributed by atoms with Gasteiger partial charge in [-0.1, -0.05) is 43.7 Å². The van der Waals surface area contributed by atoms with E-state index in [2.05, 4.69) is 4.72 Å². The van der Waals surface area contributed by atoms with Crippen molar-refractivity contribution in [3.8, 4) is 0 Å². The molecule has 0 aliphatic heterocycles. The lowest BCUT2D eigenvalue weighted by atomic mass is 10.1. The first-order chi connectivity index (χ1) is 8.14. The van der Waals surface area contributed by atoms with E-state index < -0.39 is 10.0 Å². The van der Waals surface area contributed by atoms with Crippen molar-refractivity contribution in [3.63, 3.8) is 0 Å². The largest absolute Gasteiger partial charge is 0.215 e. The van der Waals surface area contributed by atoms with Crippen molar-refractivity contribution in [2.75, 3.05) is 12.3 Å². The van der Waals surface area contributed by atoms with Gasteiger partial charge in [-0.2, -0.15) is 0 Å². The molecule has 0 fully saturated rings. The van der Waals surface area contributed by atoms with Crippen molar-refractivity contribution >= 4 is 10.0 Å². The summed E-state index contributed by atoms with van der Waals surface area (Å²) in [5.74, 6) is 0.214. The normalized spacial score (nSPS) is 11.6. The molecule has 96 valence electrons. The minimum atomic E-state index is -3.07. The summed E-state index contributed by atoms with van der Waals surface area (Å²) in [6.45, 7) is 2.61. The molecule has 1 rings (SSSR count). The summed E-state index contributed by atoms with van der Waals surface area (Å²) in [5, 5.41) is 0. The fourth-order valence-corrected chi connectivity index (χ4v) is 2.71. The Morgan fingerprint density at radius 1 is 1.12 bits per heavy atom. The molecule has 3 nitrogen and oxygen atoms in total. The maximum Gasteiger partial charge on any atom is 0.211 e. The van der Waals surface area contributed by atoms with E-state index in [1.54, 1.807) is 0 Å². The Morgan fingerprint density at radius 2 is 1.82 bits per heavy atom. The molecule has 0 aliphatic carbocycles. The van der Waals surface area contributed by atoms with Crippen LogP contribution in [0.15, 0.2) is 30.3 Å². The molecule has 1 aromatic carbocycles. The number of sulfonamides is 1. The van der Waals surface area contributed by atoms with Crippen molar-refractivity contribution in [1.29, 1.82) is 0 Å². The number of rotatable bonds is 8. The molecule has 0 spiro atoms. The second-order valence-electron chi connectivity index (χ2n) is 4.16. The highest BCUT2D eigenvalue weighted by Crippen LogP contribution is 2.03. The second kappa shape index (κ2) is 7.45.